The number of amides is 3. The summed E-state index contributed by atoms with van der Waals surface area (Å²) in [6.45, 7) is 5.73. The molecule has 2 N–H and O–H groups in total. The fourth-order valence-corrected chi connectivity index (χ4v) is 1.95. The van der Waals surface area contributed by atoms with Gasteiger partial charge in [-0.25, -0.2) is 4.79 Å². The number of carbonyl (C=O) groups excluding carboxylic acids is 2. The highest BCUT2D eigenvalue weighted by Gasteiger charge is 2.20. The van der Waals surface area contributed by atoms with Gasteiger partial charge in [0.1, 0.15) is 0 Å². The van der Waals surface area contributed by atoms with Crippen molar-refractivity contribution in [3.8, 4) is 0 Å². The summed E-state index contributed by atoms with van der Waals surface area (Å²) >= 11 is 0. The standard InChI is InChI=1S/C11H21N3O2/c1-3-12-11(16)13-10(15)8-14-7-5-4-6-9(14)2/h9H,3-8H2,1-2H3,(H2,12,13,15,16)/t9-/m1/s1. The molecule has 1 fully saturated rings. The second-order valence-electron chi connectivity index (χ2n) is 4.22. The fraction of sp³-hybridized carbons (Fsp3) is 0.818. The predicted octanol–water partition coefficient (Wildman–Crippen LogP) is 0.706. The Kier molecular flexibility index (Phi) is 5.25. The third kappa shape index (κ3) is 4.18. The first kappa shape index (κ1) is 13.0. The van der Waals surface area contributed by atoms with Crippen molar-refractivity contribution in [3.63, 3.8) is 0 Å². The summed E-state index contributed by atoms with van der Waals surface area (Å²) in [5.41, 5.74) is 0. The second kappa shape index (κ2) is 6.48. The van der Waals surface area contributed by atoms with E-state index in [1.165, 1.54) is 6.42 Å². The molecule has 1 heterocycles. The van der Waals surface area contributed by atoms with Crippen LogP contribution in [0.5, 0.6) is 0 Å². The minimum absolute atomic E-state index is 0.222. The molecule has 0 bridgehead atoms. The van der Waals surface area contributed by atoms with Gasteiger partial charge in [0, 0.05) is 12.6 Å². The molecular formula is C11H21N3O2. The van der Waals surface area contributed by atoms with E-state index in [2.05, 4.69) is 22.5 Å². The molecule has 3 amide bonds. The van der Waals surface area contributed by atoms with Crippen molar-refractivity contribution in [3.05, 3.63) is 0 Å². The smallest absolute Gasteiger partial charge is 0.321 e. The highest BCUT2D eigenvalue weighted by atomic mass is 16.2. The largest absolute Gasteiger partial charge is 0.338 e. The number of hydrogen-bond donors (Lipinski definition) is 2. The molecule has 0 radical (unpaired) electrons. The molecule has 1 rings (SSSR count). The first-order valence-electron chi connectivity index (χ1n) is 5.95. The summed E-state index contributed by atoms with van der Waals surface area (Å²) in [6.07, 6.45) is 3.50. The molecular weight excluding hydrogens is 206 g/mol. The van der Waals surface area contributed by atoms with Gasteiger partial charge in [-0.2, -0.15) is 0 Å². The van der Waals surface area contributed by atoms with Crippen LogP contribution in [0.15, 0.2) is 0 Å². The Morgan fingerprint density at radius 3 is 2.75 bits per heavy atom. The normalized spacial score (nSPS) is 21.5. The number of nitrogens with one attached hydrogen (secondary N) is 2. The Bertz CT molecular complexity index is 256. The first-order chi connectivity index (χ1) is 7.63. The highest BCUT2D eigenvalue weighted by Crippen LogP contribution is 2.15. The molecule has 0 aliphatic carbocycles. The van der Waals surface area contributed by atoms with Crippen LogP contribution in [0.1, 0.15) is 33.1 Å². The lowest BCUT2D eigenvalue weighted by Gasteiger charge is -2.32. The summed E-state index contributed by atoms with van der Waals surface area (Å²) in [6, 6.07) is 0.0332. The van der Waals surface area contributed by atoms with E-state index in [1.807, 2.05) is 6.92 Å². The number of nitrogens with zero attached hydrogens (tertiary/aromatic N) is 1. The van der Waals surface area contributed by atoms with Gasteiger partial charge in [-0.15, -0.1) is 0 Å². The second-order valence-corrected chi connectivity index (χ2v) is 4.22. The van der Waals surface area contributed by atoms with E-state index in [0.29, 0.717) is 19.1 Å². The van der Waals surface area contributed by atoms with Gasteiger partial charge in [0.2, 0.25) is 5.91 Å². The first-order valence-corrected chi connectivity index (χ1v) is 5.95. The minimum Gasteiger partial charge on any atom is -0.338 e. The molecule has 1 aliphatic rings. The Morgan fingerprint density at radius 2 is 2.12 bits per heavy atom. The van der Waals surface area contributed by atoms with E-state index in [9.17, 15) is 9.59 Å². The summed E-state index contributed by atoms with van der Waals surface area (Å²) < 4.78 is 0. The van der Waals surface area contributed by atoms with E-state index < -0.39 is 6.03 Å². The van der Waals surface area contributed by atoms with Crippen LogP contribution in [0.25, 0.3) is 0 Å². The Morgan fingerprint density at radius 1 is 1.38 bits per heavy atom. The zero-order valence-electron chi connectivity index (χ0n) is 10.1. The van der Waals surface area contributed by atoms with Crippen molar-refractivity contribution < 1.29 is 9.59 Å². The zero-order chi connectivity index (χ0) is 12.0. The van der Waals surface area contributed by atoms with Gasteiger partial charge in [-0.1, -0.05) is 6.42 Å². The molecule has 0 spiro atoms. The number of hydrogen-bond acceptors (Lipinski definition) is 3. The lowest BCUT2D eigenvalue weighted by Crippen LogP contribution is -2.47. The van der Waals surface area contributed by atoms with Crippen LogP contribution in [0.4, 0.5) is 4.79 Å². The average Bonchev–Trinajstić information content (AvgIpc) is 2.21. The topological polar surface area (TPSA) is 61.4 Å². The zero-order valence-corrected chi connectivity index (χ0v) is 10.1. The molecule has 0 saturated carbocycles. The molecule has 0 unspecified atom stereocenters. The summed E-state index contributed by atoms with van der Waals surface area (Å²) in [4.78, 5) is 24.8. The van der Waals surface area contributed by atoms with Gasteiger partial charge in [-0.3, -0.25) is 15.0 Å². The van der Waals surface area contributed by atoms with Crippen LogP contribution in [-0.2, 0) is 4.79 Å². The van der Waals surface area contributed by atoms with Crippen molar-refractivity contribution in [2.75, 3.05) is 19.6 Å². The van der Waals surface area contributed by atoms with Crippen LogP contribution < -0.4 is 10.6 Å². The highest BCUT2D eigenvalue weighted by molar-refractivity contribution is 5.95. The molecule has 16 heavy (non-hydrogen) atoms. The van der Waals surface area contributed by atoms with Gasteiger partial charge in [0.05, 0.1) is 6.54 Å². The van der Waals surface area contributed by atoms with E-state index in [1.54, 1.807) is 0 Å². The quantitative estimate of drug-likeness (QED) is 0.746. The molecule has 0 aromatic rings. The van der Waals surface area contributed by atoms with Crippen LogP contribution >= 0.6 is 0 Å². The molecule has 1 aliphatic heterocycles. The molecule has 1 saturated heterocycles. The van der Waals surface area contributed by atoms with Gasteiger partial charge in [0.25, 0.3) is 0 Å². The van der Waals surface area contributed by atoms with Gasteiger partial charge in [-0.05, 0) is 33.2 Å². The SMILES string of the molecule is CCNC(=O)NC(=O)CN1CCCC[C@H]1C. The minimum atomic E-state index is -0.405. The van der Waals surface area contributed by atoms with Gasteiger partial charge < -0.3 is 5.32 Å². The molecule has 0 aromatic heterocycles. The van der Waals surface area contributed by atoms with E-state index in [4.69, 9.17) is 0 Å². The van der Waals surface area contributed by atoms with Crippen molar-refractivity contribution in [2.45, 2.75) is 39.2 Å². The third-order valence-corrected chi connectivity index (χ3v) is 2.88. The number of carbonyl (C=O) groups is 2. The number of likely N-dealkylation sites (tertiary alicyclic amines) is 1. The van der Waals surface area contributed by atoms with Crippen LogP contribution in [0.3, 0.4) is 0 Å². The van der Waals surface area contributed by atoms with Crippen LogP contribution in [-0.4, -0.2) is 42.5 Å². The van der Waals surface area contributed by atoms with Crippen LogP contribution in [0, 0.1) is 0 Å². The molecule has 5 heteroatoms. The fourth-order valence-electron chi connectivity index (χ4n) is 1.95. The average molecular weight is 227 g/mol. The predicted molar refractivity (Wildman–Crippen MR) is 62.1 cm³/mol. The van der Waals surface area contributed by atoms with Crippen LogP contribution in [0.2, 0.25) is 0 Å². The Balaban J connectivity index is 2.30. The summed E-state index contributed by atoms with van der Waals surface area (Å²) in [5.74, 6) is -0.222. The van der Waals surface area contributed by atoms with Crippen molar-refractivity contribution in [1.29, 1.82) is 0 Å². The maximum Gasteiger partial charge on any atom is 0.321 e. The Hall–Kier alpha value is -1.10. The lowest BCUT2D eigenvalue weighted by molar-refractivity contribution is -0.122. The molecule has 5 nitrogen and oxygen atoms in total. The lowest BCUT2D eigenvalue weighted by atomic mass is 10.0. The number of rotatable bonds is 3. The van der Waals surface area contributed by atoms with Crippen molar-refractivity contribution in [1.82, 2.24) is 15.5 Å². The Labute approximate surface area is 96.6 Å². The monoisotopic (exact) mass is 227 g/mol. The molecule has 92 valence electrons. The van der Waals surface area contributed by atoms with E-state index in [-0.39, 0.29) is 5.91 Å². The van der Waals surface area contributed by atoms with E-state index >= 15 is 0 Å². The maximum absolute atomic E-state index is 11.5. The van der Waals surface area contributed by atoms with Crippen molar-refractivity contribution >= 4 is 11.9 Å². The number of piperidine rings is 1. The maximum atomic E-state index is 11.5. The number of imide groups is 1. The summed E-state index contributed by atoms with van der Waals surface area (Å²) in [7, 11) is 0. The van der Waals surface area contributed by atoms with Gasteiger partial charge in [0.15, 0.2) is 0 Å². The van der Waals surface area contributed by atoms with E-state index in [0.717, 1.165) is 19.4 Å². The number of urea groups is 1. The van der Waals surface area contributed by atoms with Crippen molar-refractivity contribution in [2.24, 2.45) is 0 Å². The van der Waals surface area contributed by atoms with Gasteiger partial charge >= 0.3 is 6.03 Å². The third-order valence-electron chi connectivity index (χ3n) is 2.88. The molecule has 1 atom stereocenters. The summed E-state index contributed by atoms with van der Waals surface area (Å²) in [5, 5.41) is 4.85. The molecule has 0 aromatic carbocycles.